The minimum absolute atomic E-state index is 0.131. The molecular formula is C12H22N2O4S. The molecule has 0 aliphatic carbocycles. The number of hydrogen-bond acceptors (Lipinski definition) is 4. The van der Waals surface area contributed by atoms with Crippen LogP contribution in [0.15, 0.2) is 0 Å². The van der Waals surface area contributed by atoms with Crippen molar-refractivity contribution < 1.29 is 19.8 Å². The van der Waals surface area contributed by atoms with E-state index in [4.69, 9.17) is 10.2 Å². The number of carbonyl (C=O) groups excluding carboxylic acids is 1. The second kappa shape index (κ2) is 8.27. The van der Waals surface area contributed by atoms with Crippen molar-refractivity contribution in [3.05, 3.63) is 0 Å². The lowest BCUT2D eigenvalue weighted by atomic mass is 10.1. The highest BCUT2D eigenvalue weighted by atomic mass is 32.2. The number of carboxylic acids is 1. The Bertz CT molecular complexity index is 314. The molecule has 0 aromatic carbocycles. The van der Waals surface area contributed by atoms with E-state index in [1.54, 1.807) is 16.7 Å². The first kappa shape index (κ1) is 16.1. The van der Waals surface area contributed by atoms with Crippen molar-refractivity contribution in [3.63, 3.8) is 0 Å². The van der Waals surface area contributed by atoms with E-state index in [9.17, 15) is 9.59 Å². The van der Waals surface area contributed by atoms with Crippen LogP contribution in [0.4, 0.5) is 4.79 Å². The molecule has 2 atom stereocenters. The minimum atomic E-state index is -0.992. The Morgan fingerprint density at radius 3 is 2.84 bits per heavy atom. The molecule has 1 saturated heterocycles. The topological polar surface area (TPSA) is 89.9 Å². The van der Waals surface area contributed by atoms with Crippen molar-refractivity contribution >= 4 is 23.8 Å². The van der Waals surface area contributed by atoms with Crippen LogP contribution in [-0.2, 0) is 4.79 Å². The lowest BCUT2D eigenvalue weighted by Gasteiger charge is -2.21. The van der Waals surface area contributed by atoms with E-state index >= 15 is 0 Å². The van der Waals surface area contributed by atoms with Gasteiger partial charge in [-0.25, -0.2) is 9.59 Å². The lowest BCUT2D eigenvalue weighted by molar-refractivity contribution is -0.139. The van der Waals surface area contributed by atoms with E-state index in [1.165, 1.54) is 0 Å². The van der Waals surface area contributed by atoms with Crippen LogP contribution in [0.25, 0.3) is 0 Å². The summed E-state index contributed by atoms with van der Waals surface area (Å²) in [7, 11) is 0. The number of aliphatic hydroxyl groups excluding tert-OH is 1. The van der Waals surface area contributed by atoms with E-state index in [0.29, 0.717) is 37.6 Å². The molecule has 0 spiro atoms. The molecule has 2 amide bonds. The van der Waals surface area contributed by atoms with Crippen molar-refractivity contribution in [1.82, 2.24) is 10.2 Å². The number of thioether (sulfide) groups is 1. The Kier molecular flexibility index (Phi) is 7.01. The lowest BCUT2D eigenvalue weighted by Crippen LogP contribution is -2.47. The maximum atomic E-state index is 12.0. The van der Waals surface area contributed by atoms with Crippen LogP contribution in [0.5, 0.6) is 0 Å². The summed E-state index contributed by atoms with van der Waals surface area (Å²) in [6.07, 6.45) is 3.89. The first-order valence-corrected chi connectivity index (χ1v) is 7.86. The number of carboxylic acid groups (broad SMARTS) is 1. The first-order valence-electron chi connectivity index (χ1n) is 6.46. The van der Waals surface area contributed by atoms with Crippen LogP contribution < -0.4 is 5.32 Å². The first-order chi connectivity index (χ1) is 9.08. The van der Waals surface area contributed by atoms with E-state index in [0.717, 1.165) is 6.42 Å². The Balaban J connectivity index is 2.42. The monoisotopic (exact) mass is 290 g/mol. The van der Waals surface area contributed by atoms with Crippen molar-refractivity contribution in [2.24, 2.45) is 5.92 Å². The number of carbonyl (C=O) groups is 2. The van der Waals surface area contributed by atoms with Gasteiger partial charge in [0, 0.05) is 19.7 Å². The SMILES string of the molecule is CSCCC(NC(=O)N1CCC(CCO)C1)C(=O)O. The number of urea groups is 1. The van der Waals surface area contributed by atoms with Gasteiger partial charge < -0.3 is 20.4 Å². The summed E-state index contributed by atoms with van der Waals surface area (Å²) in [6, 6.07) is -1.13. The van der Waals surface area contributed by atoms with Crippen LogP contribution >= 0.6 is 11.8 Å². The second-order valence-electron chi connectivity index (χ2n) is 4.73. The van der Waals surface area contributed by atoms with Gasteiger partial charge in [-0.15, -0.1) is 0 Å². The zero-order valence-corrected chi connectivity index (χ0v) is 12.0. The predicted molar refractivity (Wildman–Crippen MR) is 74.3 cm³/mol. The summed E-state index contributed by atoms with van der Waals surface area (Å²) in [5.74, 6) is 0.0310. The van der Waals surface area contributed by atoms with E-state index in [1.807, 2.05) is 6.26 Å². The molecule has 19 heavy (non-hydrogen) atoms. The van der Waals surface area contributed by atoms with E-state index < -0.39 is 12.0 Å². The Hall–Kier alpha value is -0.950. The van der Waals surface area contributed by atoms with Gasteiger partial charge in [-0.2, -0.15) is 11.8 Å². The van der Waals surface area contributed by atoms with Crippen LogP contribution in [0.3, 0.4) is 0 Å². The summed E-state index contributed by atoms with van der Waals surface area (Å²) >= 11 is 1.56. The van der Waals surface area contributed by atoms with Gasteiger partial charge in [0.15, 0.2) is 0 Å². The van der Waals surface area contributed by atoms with E-state index in [-0.39, 0.29) is 12.6 Å². The molecule has 3 N–H and O–H groups in total. The number of likely N-dealkylation sites (tertiary alicyclic amines) is 1. The zero-order chi connectivity index (χ0) is 14.3. The predicted octanol–water partition coefficient (Wildman–Crippen LogP) is 0.607. The standard InChI is InChI=1S/C12H22N2O4S/c1-19-7-4-10(11(16)17)13-12(18)14-5-2-9(8-14)3-6-15/h9-10,15H,2-8H2,1H3,(H,13,18)(H,16,17). The van der Waals surface area contributed by atoms with Gasteiger partial charge in [-0.05, 0) is 37.2 Å². The van der Waals surface area contributed by atoms with Crippen LogP contribution in [-0.4, -0.2) is 64.9 Å². The number of nitrogens with one attached hydrogen (secondary N) is 1. The fourth-order valence-electron chi connectivity index (χ4n) is 2.17. The summed E-state index contributed by atoms with van der Waals surface area (Å²) < 4.78 is 0. The number of aliphatic carboxylic acids is 1. The molecule has 1 rings (SSSR count). The molecule has 1 aliphatic rings. The van der Waals surface area contributed by atoms with E-state index in [2.05, 4.69) is 5.32 Å². The number of aliphatic hydroxyl groups is 1. The smallest absolute Gasteiger partial charge is 0.326 e. The minimum Gasteiger partial charge on any atom is -0.480 e. The van der Waals surface area contributed by atoms with Gasteiger partial charge in [0.2, 0.25) is 0 Å². The highest BCUT2D eigenvalue weighted by Crippen LogP contribution is 2.19. The summed E-state index contributed by atoms with van der Waals surface area (Å²) in [6.45, 7) is 1.36. The molecule has 7 heteroatoms. The number of amides is 2. The molecule has 0 bridgehead atoms. The van der Waals surface area contributed by atoms with Gasteiger partial charge in [0.25, 0.3) is 0 Å². The van der Waals surface area contributed by atoms with Crippen molar-refractivity contribution in [2.75, 3.05) is 31.7 Å². The second-order valence-corrected chi connectivity index (χ2v) is 5.72. The zero-order valence-electron chi connectivity index (χ0n) is 11.2. The van der Waals surface area contributed by atoms with Crippen molar-refractivity contribution in [1.29, 1.82) is 0 Å². The average Bonchev–Trinajstić information content (AvgIpc) is 2.83. The maximum absolute atomic E-state index is 12.0. The third-order valence-corrected chi connectivity index (χ3v) is 3.96. The van der Waals surface area contributed by atoms with Gasteiger partial charge >= 0.3 is 12.0 Å². The number of hydrogen-bond donors (Lipinski definition) is 3. The highest BCUT2D eigenvalue weighted by Gasteiger charge is 2.28. The third-order valence-electron chi connectivity index (χ3n) is 3.32. The molecule has 1 aliphatic heterocycles. The quantitative estimate of drug-likeness (QED) is 0.639. The maximum Gasteiger partial charge on any atom is 0.326 e. The molecule has 6 nitrogen and oxygen atoms in total. The van der Waals surface area contributed by atoms with Crippen LogP contribution in [0, 0.1) is 5.92 Å². The fourth-order valence-corrected chi connectivity index (χ4v) is 2.64. The molecule has 1 fully saturated rings. The molecule has 2 unspecified atom stereocenters. The molecule has 0 aromatic heterocycles. The summed E-state index contributed by atoms with van der Waals surface area (Å²) in [4.78, 5) is 24.6. The fraction of sp³-hybridized carbons (Fsp3) is 0.833. The van der Waals surface area contributed by atoms with Crippen molar-refractivity contribution in [3.8, 4) is 0 Å². The Morgan fingerprint density at radius 1 is 1.53 bits per heavy atom. The molecule has 0 radical (unpaired) electrons. The highest BCUT2D eigenvalue weighted by molar-refractivity contribution is 7.98. The van der Waals surface area contributed by atoms with Crippen LogP contribution in [0.2, 0.25) is 0 Å². The molecule has 110 valence electrons. The largest absolute Gasteiger partial charge is 0.480 e. The summed E-state index contributed by atoms with van der Waals surface area (Å²) in [5, 5.41) is 20.5. The third kappa shape index (κ3) is 5.28. The van der Waals surface area contributed by atoms with Gasteiger partial charge in [0.1, 0.15) is 6.04 Å². The average molecular weight is 290 g/mol. The molecule has 0 aromatic rings. The Morgan fingerprint density at radius 2 is 2.26 bits per heavy atom. The molecular weight excluding hydrogens is 268 g/mol. The summed E-state index contributed by atoms with van der Waals surface area (Å²) in [5.41, 5.74) is 0. The van der Waals surface area contributed by atoms with Gasteiger partial charge in [-0.3, -0.25) is 0 Å². The normalized spacial score (nSPS) is 20.3. The Labute approximate surface area is 117 Å². The van der Waals surface area contributed by atoms with Gasteiger partial charge in [0.05, 0.1) is 0 Å². The number of nitrogens with zero attached hydrogens (tertiary/aromatic N) is 1. The van der Waals surface area contributed by atoms with Gasteiger partial charge in [-0.1, -0.05) is 0 Å². The number of rotatable bonds is 7. The van der Waals surface area contributed by atoms with Crippen LogP contribution in [0.1, 0.15) is 19.3 Å². The van der Waals surface area contributed by atoms with Crippen molar-refractivity contribution in [2.45, 2.75) is 25.3 Å². The molecule has 1 heterocycles. The molecule has 0 saturated carbocycles.